The third-order valence-electron chi connectivity index (χ3n) is 0.996. The fourth-order valence-corrected chi connectivity index (χ4v) is 0.419. The summed E-state index contributed by atoms with van der Waals surface area (Å²) in [4.78, 5) is 10.1. The molecule has 4 heteroatoms. The Morgan fingerprint density at radius 3 is 2.56 bits per heavy atom. The first-order valence-corrected chi connectivity index (χ1v) is 2.81. The van der Waals surface area contributed by atoms with E-state index in [2.05, 4.69) is 0 Å². The molecule has 0 saturated heterocycles. The largest absolute Gasteiger partial charge is 0.395 e. The Kier molecular flexibility index (Phi) is 4.00. The molecule has 5 N–H and O–H groups in total. The van der Waals surface area contributed by atoms with Crippen molar-refractivity contribution in [2.24, 2.45) is 11.5 Å². The summed E-state index contributed by atoms with van der Waals surface area (Å²) in [5, 5.41) is 8.37. The van der Waals surface area contributed by atoms with E-state index >= 15 is 0 Å². The van der Waals surface area contributed by atoms with Gasteiger partial charge in [0.2, 0.25) is 5.91 Å². The van der Waals surface area contributed by atoms with Gasteiger partial charge in [0.1, 0.15) is 0 Å². The molecule has 0 saturated carbocycles. The highest BCUT2D eigenvalue weighted by molar-refractivity contribution is 5.73. The summed E-state index contributed by atoms with van der Waals surface area (Å²) >= 11 is 0. The van der Waals surface area contributed by atoms with Crippen LogP contribution in [0.1, 0.15) is 12.8 Å². The SMILES string of the molecule is NC(=O)CC[C@H](N)CO. The molecule has 0 unspecified atom stereocenters. The van der Waals surface area contributed by atoms with Crippen molar-refractivity contribution >= 4 is 5.91 Å². The van der Waals surface area contributed by atoms with Gasteiger partial charge in [0.25, 0.3) is 0 Å². The highest BCUT2D eigenvalue weighted by atomic mass is 16.3. The molecule has 9 heavy (non-hydrogen) atoms. The van der Waals surface area contributed by atoms with Crippen molar-refractivity contribution in [2.45, 2.75) is 18.9 Å². The lowest BCUT2D eigenvalue weighted by atomic mass is 10.2. The van der Waals surface area contributed by atoms with Crippen molar-refractivity contribution in [1.82, 2.24) is 0 Å². The van der Waals surface area contributed by atoms with Crippen LogP contribution in [0.25, 0.3) is 0 Å². The molecular formula is C5H12N2O2. The lowest BCUT2D eigenvalue weighted by Crippen LogP contribution is -2.26. The molecule has 0 aliphatic heterocycles. The van der Waals surface area contributed by atoms with E-state index in [1.54, 1.807) is 0 Å². The van der Waals surface area contributed by atoms with Crippen molar-refractivity contribution in [3.05, 3.63) is 0 Å². The molecule has 0 radical (unpaired) electrons. The highest BCUT2D eigenvalue weighted by Gasteiger charge is 2.01. The molecular weight excluding hydrogens is 120 g/mol. The average Bonchev–Trinajstić information content (AvgIpc) is 1.83. The zero-order chi connectivity index (χ0) is 7.28. The molecule has 54 valence electrons. The van der Waals surface area contributed by atoms with Crippen LogP contribution in [0.5, 0.6) is 0 Å². The van der Waals surface area contributed by atoms with E-state index in [4.69, 9.17) is 16.6 Å². The van der Waals surface area contributed by atoms with Crippen LogP contribution < -0.4 is 11.5 Å². The second-order valence-electron chi connectivity index (χ2n) is 1.95. The molecule has 0 rings (SSSR count). The van der Waals surface area contributed by atoms with Crippen molar-refractivity contribution in [2.75, 3.05) is 6.61 Å². The number of carbonyl (C=O) groups excluding carboxylic acids is 1. The molecule has 0 aromatic carbocycles. The summed E-state index contributed by atoms with van der Waals surface area (Å²) in [5.74, 6) is -0.376. The van der Waals surface area contributed by atoms with Crippen molar-refractivity contribution in [3.8, 4) is 0 Å². The fraction of sp³-hybridized carbons (Fsp3) is 0.800. The van der Waals surface area contributed by atoms with Gasteiger partial charge in [-0.3, -0.25) is 4.79 Å². The number of hydrogen-bond acceptors (Lipinski definition) is 3. The predicted octanol–water partition coefficient (Wildman–Crippen LogP) is -1.43. The van der Waals surface area contributed by atoms with Gasteiger partial charge in [0.15, 0.2) is 0 Å². The van der Waals surface area contributed by atoms with Crippen LogP contribution in [-0.4, -0.2) is 23.7 Å². The molecule has 0 aliphatic carbocycles. The molecule has 0 aromatic heterocycles. The van der Waals surface area contributed by atoms with Crippen LogP contribution in [0.15, 0.2) is 0 Å². The minimum atomic E-state index is -0.376. The maximum Gasteiger partial charge on any atom is 0.217 e. The maximum atomic E-state index is 10.1. The number of rotatable bonds is 4. The lowest BCUT2D eigenvalue weighted by molar-refractivity contribution is -0.118. The smallest absolute Gasteiger partial charge is 0.217 e. The summed E-state index contributed by atoms with van der Waals surface area (Å²) in [6, 6.07) is -0.308. The van der Waals surface area contributed by atoms with E-state index in [-0.39, 0.29) is 25.0 Å². The molecule has 0 fully saturated rings. The second kappa shape index (κ2) is 4.29. The van der Waals surface area contributed by atoms with E-state index in [0.717, 1.165) is 0 Å². The van der Waals surface area contributed by atoms with Gasteiger partial charge in [-0.05, 0) is 6.42 Å². The minimum Gasteiger partial charge on any atom is -0.395 e. The first-order chi connectivity index (χ1) is 4.16. The van der Waals surface area contributed by atoms with Gasteiger partial charge in [-0.25, -0.2) is 0 Å². The number of carbonyl (C=O) groups is 1. The number of aliphatic hydroxyl groups excluding tert-OH is 1. The Bertz CT molecular complexity index is 95.0. The number of primary amides is 1. The molecule has 0 heterocycles. The first kappa shape index (κ1) is 8.39. The summed E-state index contributed by atoms with van der Waals surface area (Å²) in [5.41, 5.74) is 10.1. The Morgan fingerprint density at radius 1 is 1.67 bits per heavy atom. The topological polar surface area (TPSA) is 89.3 Å². The van der Waals surface area contributed by atoms with E-state index in [1.165, 1.54) is 0 Å². The van der Waals surface area contributed by atoms with E-state index in [0.29, 0.717) is 6.42 Å². The summed E-state index contributed by atoms with van der Waals surface area (Å²) in [6.07, 6.45) is 0.716. The van der Waals surface area contributed by atoms with Gasteiger partial charge in [-0.15, -0.1) is 0 Å². The zero-order valence-electron chi connectivity index (χ0n) is 5.21. The predicted molar refractivity (Wildman–Crippen MR) is 33.5 cm³/mol. The van der Waals surface area contributed by atoms with Gasteiger partial charge in [0.05, 0.1) is 6.61 Å². The second-order valence-corrected chi connectivity index (χ2v) is 1.95. The van der Waals surface area contributed by atoms with E-state index in [1.807, 2.05) is 0 Å². The van der Waals surface area contributed by atoms with Crippen LogP contribution in [0.4, 0.5) is 0 Å². The van der Waals surface area contributed by atoms with Gasteiger partial charge >= 0.3 is 0 Å². The number of hydrogen-bond donors (Lipinski definition) is 3. The molecule has 4 nitrogen and oxygen atoms in total. The van der Waals surface area contributed by atoms with Gasteiger partial charge in [-0.1, -0.05) is 0 Å². The van der Waals surface area contributed by atoms with E-state index in [9.17, 15) is 4.79 Å². The van der Waals surface area contributed by atoms with Gasteiger partial charge in [0, 0.05) is 12.5 Å². The van der Waals surface area contributed by atoms with Gasteiger partial charge in [-0.2, -0.15) is 0 Å². The quantitative estimate of drug-likeness (QED) is 0.438. The standard InChI is InChI=1S/C5H12N2O2/c6-4(3-8)1-2-5(7)9/h4,8H,1-3,6H2,(H2,7,9)/t4-/m0/s1. The Hall–Kier alpha value is -0.610. The minimum absolute atomic E-state index is 0.0900. The third-order valence-corrected chi connectivity index (χ3v) is 0.996. The van der Waals surface area contributed by atoms with Gasteiger partial charge < -0.3 is 16.6 Å². The molecule has 0 bridgehead atoms. The Morgan fingerprint density at radius 2 is 2.22 bits per heavy atom. The van der Waals surface area contributed by atoms with Crippen LogP contribution in [0, 0.1) is 0 Å². The third kappa shape index (κ3) is 5.26. The maximum absolute atomic E-state index is 10.1. The van der Waals surface area contributed by atoms with Crippen molar-refractivity contribution < 1.29 is 9.90 Å². The van der Waals surface area contributed by atoms with E-state index < -0.39 is 0 Å². The normalized spacial score (nSPS) is 13.1. The monoisotopic (exact) mass is 132 g/mol. The number of aliphatic hydroxyl groups is 1. The zero-order valence-corrected chi connectivity index (χ0v) is 5.21. The fourth-order valence-electron chi connectivity index (χ4n) is 0.419. The molecule has 1 amide bonds. The van der Waals surface area contributed by atoms with Crippen molar-refractivity contribution in [1.29, 1.82) is 0 Å². The Balaban J connectivity index is 3.16. The molecule has 0 spiro atoms. The first-order valence-electron chi connectivity index (χ1n) is 2.81. The van der Waals surface area contributed by atoms with Crippen molar-refractivity contribution in [3.63, 3.8) is 0 Å². The number of nitrogens with two attached hydrogens (primary N) is 2. The summed E-state index contributed by atoms with van der Waals surface area (Å²) in [7, 11) is 0. The highest BCUT2D eigenvalue weighted by Crippen LogP contribution is 1.90. The van der Waals surface area contributed by atoms with Crippen LogP contribution in [0.3, 0.4) is 0 Å². The van der Waals surface area contributed by atoms with Crippen LogP contribution in [-0.2, 0) is 4.79 Å². The Labute approximate surface area is 53.8 Å². The molecule has 0 aliphatic rings. The molecule has 0 aromatic rings. The molecule has 1 atom stereocenters. The van der Waals surface area contributed by atoms with Crippen LogP contribution >= 0.6 is 0 Å². The average molecular weight is 132 g/mol. The summed E-state index contributed by atoms with van der Waals surface area (Å²) < 4.78 is 0. The van der Waals surface area contributed by atoms with Crippen LogP contribution in [0.2, 0.25) is 0 Å². The number of amides is 1. The summed E-state index contributed by atoms with van der Waals surface area (Å²) in [6.45, 7) is -0.0900. The lowest BCUT2D eigenvalue weighted by Gasteiger charge is -2.03.